The van der Waals surface area contributed by atoms with Gasteiger partial charge >= 0.3 is 0 Å². The van der Waals surface area contributed by atoms with E-state index in [9.17, 15) is 8.42 Å². The first kappa shape index (κ1) is 25.0. The van der Waals surface area contributed by atoms with Crippen LogP contribution in [0.2, 0.25) is 0 Å². The van der Waals surface area contributed by atoms with Gasteiger partial charge in [0.25, 0.3) is 0 Å². The fraction of sp³-hybridized carbons (Fsp3) is 0.650. The summed E-state index contributed by atoms with van der Waals surface area (Å²) in [6.45, 7) is 7.87. The van der Waals surface area contributed by atoms with Crippen LogP contribution < -0.4 is 15.4 Å². The number of nitrogens with one attached hydrogen (secondary N) is 3. The van der Waals surface area contributed by atoms with E-state index in [1.54, 1.807) is 6.07 Å². The summed E-state index contributed by atoms with van der Waals surface area (Å²) in [5.74, 6) is 2.38. The Labute approximate surface area is 187 Å². The number of halogens is 1. The minimum atomic E-state index is -3.31. The first-order valence-corrected chi connectivity index (χ1v) is 11.8. The summed E-state index contributed by atoms with van der Waals surface area (Å²) in [4.78, 5) is 4.68. The Morgan fingerprint density at radius 3 is 2.39 bits per heavy atom. The molecular weight excluding hydrogens is 487 g/mol. The molecule has 0 aliphatic heterocycles. The second kappa shape index (κ2) is 11.8. The van der Waals surface area contributed by atoms with Crippen molar-refractivity contribution in [1.29, 1.82) is 0 Å². The summed E-state index contributed by atoms with van der Waals surface area (Å²) >= 11 is 0. The second-order valence-electron chi connectivity index (χ2n) is 7.73. The Morgan fingerprint density at radius 2 is 1.82 bits per heavy atom. The van der Waals surface area contributed by atoms with E-state index in [4.69, 9.17) is 0 Å². The zero-order valence-electron chi connectivity index (χ0n) is 17.4. The third-order valence-corrected chi connectivity index (χ3v) is 5.71. The number of hydrogen-bond donors (Lipinski definition) is 3. The molecule has 0 saturated heterocycles. The number of para-hydroxylation sites is 1. The molecule has 6 nitrogen and oxygen atoms in total. The molecule has 0 amide bonds. The van der Waals surface area contributed by atoms with Crippen molar-refractivity contribution in [1.82, 2.24) is 10.6 Å². The Hall–Kier alpha value is -1.03. The third-order valence-electron chi connectivity index (χ3n) is 5.12. The van der Waals surface area contributed by atoms with Crippen LogP contribution in [-0.2, 0) is 16.6 Å². The lowest BCUT2D eigenvalue weighted by atomic mass is 9.80. The van der Waals surface area contributed by atoms with Gasteiger partial charge in [-0.3, -0.25) is 4.72 Å². The SMILES string of the molecule is CCNC(=NCc1ccccc1NS(C)(=O)=O)NC1CCC(C(C)C)CC1.I. The summed E-state index contributed by atoms with van der Waals surface area (Å²) in [6, 6.07) is 7.82. The number of rotatable bonds is 7. The van der Waals surface area contributed by atoms with Gasteiger partial charge in [0.15, 0.2) is 5.96 Å². The quantitative estimate of drug-likeness (QED) is 0.288. The van der Waals surface area contributed by atoms with Gasteiger partial charge in [-0.25, -0.2) is 13.4 Å². The Morgan fingerprint density at radius 1 is 1.18 bits per heavy atom. The largest absolute Gasteiger partial charge is 0.357 e. The predicted octanol–water partition coefficient (Wildman–Crippen LogP) is 3.95. The van der Waals surface area contributed by atoms with Gasteiger partial charge in [-0.15, -0.1) is 24.0 Å². The van der Waals surface area contributed by atoms with Crippen molar-refractivity contribution in [2.45, 2.75) is 59.0 Å². The molecule has 0 heterocycles. The van der Waals surface area contributed by atoms with E-state index in [2.05, 4.69) is 34.2 Å². The lowest BCUT2D eigenvalue weighted by molar-refractivity contribution is 0.250. The summed E-state index contributed by atoms with van der Waals surface area (Å²) < 4.78 is 25.7. The number of nitrogens with zero attached hydrogens (tertiary/aromatic N) is 1. The maximum atomic E-state index is 11.6. The van der Waals surface area contributed by atoms with Crippen LogP contribution in [0.5, 0.6) is 0 Å². The standard InChI is InChI=1S/C20H34N4O2S.HI/c1-5-21-20(23-18-12-10-16(11-13-18)15(2)3)22-14-17-8-6-7-9-19(17)24-27(4,25)26;/h6-9,15-16,18,24H,5,10-14H2,1-4H3,(H2,21,22,23);1H. The molecule has 3 N–H and O–H groups in total. The van der Waals surface area contributed by atoms with Crippen molar-refractivity contribution in [2.75, 3.05) is 17.5 Å². The fourth-order valence-corrected chi connectivity index (χ4v) is 4.16. The fourth-order valence-electron chi connectivity index (χ4n) is 3.57. The van der Waals surface area contributed by atoms with Crippen molar-refractivity contribution in [3.63, 3.8) is 0 Å². The molecule has 1 aromatic rings. The smallest absolute Gasteiger partial charge is 0.229 e. The van der Waals surface area contributed by atoms with Crippen LogP contribution in [0.3, 0.4) is 0 Å². The minimum absolute atomic E-state index is 0. The van der Waals surface area contributed by atoms with Gasteiger partial charge in [0.05, 0.1) is 18.5 Å². The number of sulfonamides is 1. The second-order valence-corrected chi connectivity index (χ2v) is 9.48. The molecule has 2 rings (SSSR count). The molecule has 1 aromatic carbocycles. The van der Waals surface area contributed by atoms with E-state index < -0.39 is 10.0 Å². The Kier molecular flexibility index (Phi) is 10.6. The van der Waals surface area contributed by atoms with Crippen LogP contribution >= 0.6 is 24.0 Å². The van der Waals surface area contributed by atoms with Gasteiger partial charge in [-0.05, 0) is 56.1 Å². The van der Waals surface area contributed by atoms with Gasteiger partial charge in [-0.1, -0.05) is 32.0 Å². The average molecular weight is 522 g/mol. The number of guanidine groups is 1. The van der Waals surface area contributed by atoms with Gasteiger partial charge in [0.1, 0.15) is 0 Å². The molecule has 1 fully saturated rings. The highest BCUT2D eigenvalue weighted by Crippen LogP contribution is 2.29. The van der Waals surface area contributed by atoms with Crippen LogP contribution in [0.25, 0.3) is 0 Å². The highest BCUT2D eigenvalue weighted by molar-refractivity contribution is 14.0. The highest BCUT2D eigenvalue weighted by Gasteiger charge is 2.23. The molecule has 8 heteroatoms. The predicted molar refractivity (Wildman–Crippen MR) is 129 cm³/mol. The molecule has 0 atom stereocenters. The van der Waals surface area contributed by atoms with E-state index in [0.29, 0.717) is 18.3 Å². The summed E-state index contributed by atoms with van der Waals surface area (Å²) in [5.41, 5.74) is 1.43. The molecular formula is C20H35IN4O2S. The molecule has 0 unspecified atom stereocenters. The van der Waals surface area contributed by atoms with Crippen molar-refractivity contribution in [3.05, 3.63) is 29.8 Å². The number of hydrogen-bond acceptors (Lipinski definition) is 3. The molecule has 0 bridgehead atoms. The van der Waals surface area contributed by atoms with Crippen LogP contribution in [0, 0.1) is 11.8 Å². The van der Waals surface area contributed by atoms with Gasteiger partial charge < -0.3 is 10.6 Å². The number of anilines is 1. The first-order chi connectivity index (χ1) is 12.8. The molecule has 0 spiro atoms. The highest BCUT2D eigenvalue weighted by atomic mass is 127. The van der Waals surface area contributed by atoms with Crippen molar-refractivity contribution in [2.24, 2.45) is 16.8 Å². The maximum absolute atomic E-state index is 11.6. The number of aliphatic imine (C=N–C) groups is 1. The number of benzene rings is 1. The van der Waals surface area contributed by atoms with E-state index in [1.807, 2.05) is 25.1 Å². The minimum Gasteiger partial charge on any atom is -0.357 e. The lowest BCUT2D eigenvalue weighted by Gasteiger charge is -2.32. The zero-order valence-corrected chi connectivity index (χ0v) is 20.5. The molecule has 0 aromatic heterocycles. The van der Waals surface area contributed by atoms with Gasteiger partial charge in [-0.2, -0.15) is 0 Å². The van der Waals surface area contributed by atoms with Crippen LogP contribution in [0.15, 0.2) is 29.3 Å². The first-order valence-electron chi connectivity index (χ1n) is 9.89. The topological polar surface area (TPSA) is 82.6 Å². The van der Waals surface area contributed by atoms with Crippen LogP contribution in [0.4, 0.5) is 5.69 Å². The molecule has 1 saturated carbocycles. The Bertz CT molecular complexity index is 729. The maximum Gasteiger partial charge on any atom is 0.229 e. The van der Waals surface area contributed by atoms with E-state index in [-0.39, 0.29) is 24.0 Å². The summed E-state index contributed by atoms with van der Waals surface area (Å²) in [7, 11) is -3.31. The monoisotopic (exact) mass is 522 g/mol. The molecule has 0 radical (unpaired) electrons. The molecule has 28 heavy (non-hydrogen) atoms. The van der Waals surface area contributed by atoms with E-state index >= 15 is 0 Å². The summed E-state index contributed by atoms with van der Waals surface area (Å²) in [6.07, 6.45) is 6.01. The van der Waals surface area contributed by atoms with Gasteiger partial charge in [0.2, 0.25) is 10.0 Å². The van der Waals surface area contributed by atoms with Gasteiger partial charge in [0, 0.05) is 12.6 Å². The molecule has 1 aliphatic carbocycles. The van der Waals surface area contributed by atoms with Crippen LogP contribution in [-0.4, -0.2) is 33.2 Å². The Balaban J connectivity index is 0.00000392. The zero-order chi connectivity index (χ0) is 19.9. The normalized spacial score (nSPS) is 20.4. The van der Waals surface area contributed by atoms with E-state index in [0.717, 1.165) is 36.2 Å². The van der Waals surface area contributed by atoms with Crippen molar-refractivity contribution < 1.29 is 8.42 Å². The van der Waals surface area contributed by atoms with E-state index in [1.165, 1.54) is 25.7 Å². The van der Waals surface area contributed by atoms with Crippen LogP contribution in [0.1, 0.15) is 52.0 Å². The average Bonchev–Trinajstić information content (AvgIpc) is 2.60. The van der Waals surface area contributed by atoms with Crippen molar-refractivity contribution >= 4 is 45.6 Å². The third kappa shape index (κ3) is 8.55. The lowest BCUT2D eigenvalue weighted by Crippen LogP contribution is -2.45. The molecule has 1 aliphatic rings. The molecule has 160 valence electrons. The summed E-state index contributed by atoms with van der Waals surface area (Å²) in [5, 5.41) is 6.86. The van der Waals surface area contributed by atoms with Crippen molar-refractivity contribution in [3.8, 4) is 0 Å².